The van der Waals surface area contributed by atoms with Crippen molar-refractivity contribution in [2.45, 2.75) is 18.1 Å². The fraction of sp³-hybridized carbons (Fsp3) is 0.389. The topological polar surface area (TPSA) is 107 Å². The van der Waals surface area contributed by atoms with Crippen molar-refractivity contribution in [3.05, 3.63) is 34.4 Å². The lowest BCUT2D eigenvalue weighted by atomic mass is 9.75. The molecule has 3 aliphatic rings. The standard InChI is InChI=1S/C18H16O9/c1-22-12(19)6-18-9-5-11-10(25-7-26-11)4-8(9)15(27-18)13(16(20)23-2)14(18)17(21)24-3/h4-5,15H,6-7H2,1-3H3/t15-,18+/m1/s1. The third kappa shape index (κ3) is 2.24. The van der Waals surface area contributed by atoms with E-state index in [1.807, 2.05) is 0 Å². The summed E-state index contributed by atoms with van der Waals surface area (Å²) in [7, 11) is 3.61. The van der Waals surface area contributed by atoms with E-state index in [1.54, 1.807) is 12.1 Å². The number of methoxy groups -OCH3 is 3. The van der Waals surface area contributed by atoms with Crippen molar-refractivity contribution in [1.29, 1.82) is 0 Å². The first-order valence-electron chi connectivity index (χ1n) is 8.06. The Hall–Kier alpha value is -3.07. The number of hydrogen-bond donors (Lipinski definition) is 0. The molecule has 1 aromatic rings. The number of fused-ring (bicyclic) bond motifs is 6. The van der Waals surface area contributed by atoms with Crippen LogP contribution in [0.25, 0.3) is 0 Å². The van der Waals surface area contributed by atoms with Gasteiger partial charge in [0.2, 0.25) is 6.79 Å². The van der Waals surface area contributed by atoms with Crippen LogP contribution in [-0.4, -0.2) is 46.0 Å². The normalized spacial score (nSPS) is 23.9. The molecule has 1 aromatic carbocycles. The summed E-state index contributed by atoms with van der Waals surface area (Å²) >= 11 is 0. The van der Waals surface area contributed by atoms with Gasteiger partial charge in [-0.05, 0) is 23.3 Å². The number of hydrogen-bond acceptors (Lipinski definition) is 9. The van der Waals surface area contributed by atoms with Crippen LogP contribution in [0.2, 0.25) is 0 Å². The van der Waals surface area contributed by atoms with Gasteiger partial charge in [-0.3, -0.25) is 4.79 Å². The van der Waals surface area contributed by atoms with E-state index >= 15 is 0 Å². The lowest BCUT2D eigenvalue weighted by molar-refractivity contribution is -0.148. The van der Waals surface area contributed by atoms with Crippen molar-refractivity contribution in [3.63, 3.8) is 0 Å². The Morgan fingerprint density at radius 1 is 1.04 bits per heavy atom. The molecule has 4 rings (SSSR count). The average Bonchev–Trinajstić information content (AvgIpc) is 3.35. The van der Waals surface area contributed by atoms with E-state index in [0.717, 1.165) is 0 Å². The number of carbonyl (C=O) groups excluding carboxylic acids is 3. The highest BCUT2D eigenvalue weighted by Gasteiger charge is 2.62. The molecule has 3 heterocycles. The highest BCUT2D eigenvalue weighted by Crippen LogP contribution is 2.61. The number of esters is 3. The van der Waals surface area contributed by atoms with Crippen LogP contribution in [0.15, 0.2) is 23.3 Å². The summed E-state index contributed by atoms with van der Waals surface area (Å²) in [6, 6.07) is 3.33. The summed E-state index contributed by atoms with van der Waals surface area (Å²) in [4.78, 5) is 37.2. The molecule has 0 aromatic heterocycles. The molecule has 0 N–H and O–H groups in total. The van der Waals surface area contributed by atoms with Gasteiger partial charge < -0.3 is 28.4 Å². The van der Waals surface area contributed by atoms with Crippen molar-refractivity contribution in [3.8, 4) is 11.5 Å². The molecule has 9 nitrogen and oxygen atoms in total. The molecule has 0 amide bonds. The maximum absolute atomic E-state index is 12.6. The zero-order valence-electron chi connectivity index (χ0n) is 14.8. The zero-order chi connectivity index (χ0) is 19.3. The van der Waals surface area contributed by atoms with E-state index < -0.39 is 29.6 Å². The summed E-state index contributed by atoms with van der Waals surface area (Å²) in [6.07, 6.45) is -1.22. The minimum absolute atomic E-state index is 0.000353. The second kappa shape index (κ2) is 5.98. The molecule has 0 spiro atoms. The fourth-order valence-corrected chi connectivity index (χ4v) is 3.81. The number of benzene rings is 1. The second-order valence-corrected chi connectivity index (χ2v) is 6.14. The maximum atomic E-state index is 12.6. The summed E-state index contributed by atoms with van der Waals surface area (Å²) in [5, 5.41) is 0. The van der Waals surface area contributed by atoms with E-state index in [4.69, 9.17) is 28.4 Å². The second-order valence-electron chi connectivity index (χ2n) is 6.14. The van der Waals surface area contributed by atoms with Gasteiger partial charge in [0.15, 0.2) is 11.5 Å². The smallest absolute Gasteiger partial charge is 0.337 e. The first-order valence-corrected chi connectivity index (χ1v) is 8.06. The van der Waals surface area contributed by atoms with Crippen molar-refractivity contribution in [2.24, 2.45) is 0 Å². The van der Waals surface area contributed by atoms with Crippen molar-refractivity contribution < 1.29 is 42.8 Å². The van der Waals surface area contributed by atoms with Gasteiger partial charge in [-0.15, -0.1) is 0 Å². The molecule has 3 aliphatic heterocycles. The van der Waals surface area contributed by atoms with E-state index in [0.29, 0.717) is 22.6 Å². The molecule has 0 aliphatic carbocycles. The van der Waals surface area contributed by atoms with E-state index in [1.165, 1.54) is 21.3 Å². The molecule has 9 heteroatoms. The monoisotopic (exact) mass is 376 g/mol. The number of ether oxygens (including phenoxy) is 6. The Balaban J connectivity index is 1.97. The van der Waals surface area contributed by atoms with Crippen molar-refractivity contribution in [2.75, 3.05) is 28.1 Å². The van der Waals surface area contributed by atoms with Crippen LogP contribution in [0, 0.1) is 0 Å². The van der Waals surface area contributed by atoms with E-state index in [-0.39, 0.29) is 24.4 Å². The SMILES string of the molecule is COC(=O)C[C@@]12O[C@@H](C(C(=O)OC)=C1C(=O)OC)c1cc3c(cc12)OCO3. The van der Waals surface area contributed by atoms with Crippen LogP contribution in [0.4, 0.5) is 0 Å². The summed E-state index contributed by atoms with van der Waals surface area (Å²) in [5.74, 6) is -1.20. The van der Waals surface area contributed by atoms with Gasteiger partial charge in [0.05, 0.1) is 38.9 Å². The predicted molar refractivity (Wildman–Crippen MR) is 85.8 cm³/mol. The molecule has 2 bridgehead atoms. The molecular weight excluding hydrogens is 360 g/mol. The Kier molecular flexibility index (Phi) is 3.84. The number of carbonyl (C=O) groups is 3. The van der Waals surface area contributed by atoms with Crippen LogP contribution in [0.3, 0.4) is 0 Å². The molecule has 0 fully saturated rings. The van der Waals surface area contributed by atoms with E-state index in [2.05, 4.69) is 0 Å². The van der Waals surface area contributed by atoms with Gasteiger partial charge in [-0.25, -0.2) is 9.59 Å². The molecule has 142 valence electrons. The Morgan fingerprint density at radius 3 is 2.33 bits per heavy atom. The molecular formula is C18H16O9. The largest absolute Gasteiger partial charge is 0.469 e. The molecule has 0 saturated carbocycles. The summed E-state index contributed by atoms with van der Waals surface area (Å²) in [6.45, 7) is 0.0505. The fourth-order valence-electron chi connectivity index (χ4n) is 3.81. The third-order valence-corrected chi connectivity index (χ3v) is 4.93. The molecule has 0 saturated heterocycles. The van der Waals surface area contributed by atoms with Crippen LogP contribution in [0.1, 0.15) is 23.7 Å². The van der Waals surface area contributed by atoms with E-state index in [9.17, 15) is 14.4 Å². The first-order chi connectivity index (χ1) is 13.0. The van der Waals surface area contributed by atoms with Crippen LogP contribution in [-0.2, 0) is 38.9 Å². The maximum Gasteiger partial charge on any atom is 0.337 e. The number of rotatable bonds is 4. The highest BCUT2D eigenvalue weighted by molar-refractivity contribution is 6.05. The lowest BCUT2D eigenvalue weighted by Gasteiger charge is -2.28. The van der Waals surface area contributed by atoms with Gasteiger partial charge in [0.1, 0.15) is 11.7 Å². The minimum atomic E-state index is -1.54. The van der Waals surface area contributed by atoms with Gasteiger partial charge in [-0.1, -0.05) is 0 Å². The third-order valence-electron chi connectivity index (χ3n) is 4.93. The summed E-state index contributed by atoms with van der Waals surface area (Å²) in [5.41, 5.74) is -0.491. The zero-order valence-corrected chi connectivity index (χ0v) is 14.8. The quantitative estimate of drug-likeness (QED) is 0.559. The van der Waals surface area contributed by atoms with Crippen LogP contribution < -0.4 is 9.47 Å². The van der Waals surface area contributed by atoms with Crippen molar-refractivity contribution in [1.82, 2.24) is 0 Å². The van der Waals surface area contributed by atoms with Gasteiger partial charge in [-0.2, -0.15) is 0 Å². The Morgan fingerprint density at radius 2 is 1.70 bits per heavy atom. The first kappa shape index (κ1) is 17.3. The van der Waals surface area contributed by atoms with Gasteiger partial charge in [0, 0.05) is 0 Å². The lowest BCUT2D eigenvalue weighted by Crippen LogP contribution is -2.35. The van der Waals surface area contributed by atoms with Crippen LogP contribution in [0.5, 0.6) is 11.5 Å². The summed E-state index contributed by atoms with van der Waals surface area (Å²) < 4.78 is 31.4. The molecule has 0 radical (unpaired) electrons. The van der Waals surface area contributed by atoms with Gasteiger partial charge >= 0.3 is 17.9 Å². The predicted octanol–water partition coefficient (Wildman–Crippen LogP) is 0.901. The Bertz CT molecular complexity index is 900. The Labute approximate surface area is 153 Å². The molecule has 27 heavy (non-hydrogen) atoms. The molecule has 0 unspecified atom stereocenters. The average molecular weight is 376 g/mol. The highest BCUT2D eigenvalue weighted by atomic mass is 16.7. The molecule has 2 atom stereocenters. The van der Waals surface area contributed by atoms with Crippen molar-refractivity contribution >= 4 is 17.9 Å². The van der Waals surface area contributed by atoms with Gasteiger partial charge in [0.25, 0.3) is 0 Å². The minimum Gasteiger partial charge on any atom is -0.469 e. The van der Waals surface area contributed by atoms with Crippen LogP contribution >= 0.6 is 0 Å².